The van der Waals surface area contributed by atoms with Gasteiger partial charge < -0.3 is 10.1 Å². The summed E-state index contributed by atoms with van der Waals surface area (Å²) >= 11 is 3.50. The second-order valence-corrected chi connectivity index (χ2v) is 6.16. The van der Waals surface area contributed by atoms with Gasteiger partial charge in [-0.2, -0.15) is 5.10 Å². The number of fused-ring (bicyclic) bond motifs is 1. The van der Waals surface area contributed by atoms with Gasteiger partial charge >= 0.3 is 0 Å². The minimum atomic E-state index is 0.219. The van der Waals surface area contributed by atoms with E-state index < -0.39 is 0 Å². The number of hydrogen-bond acceptors (Lipinski definition) is 3. The molecule has 2 heterocycles. The third-order valence-electron chi connectivity index (χ3n) is 3.57. The molecular weight excluding hydrogens is 318 g/mol. The summed E-state index contributed by atoms with van der Waals surface area (Å²) in [4.78, 5) is 0. The molecule has 1 unspecified atom stereocenters. The van der Waals surface area contributed by atoms with Crippen molar-refractivity contribution >= 4 is 15.9 Å². The molecule has 106 valence electrons. The summed E-state index contributed by atoms with van der Waals surface area (Å²) in [6.07, 6.45) is 3.24. The Morgan fingerprint density at radius 1 is 1.50 bits per heavy atom. The third-order valence-corrected chi connectivity index (χ3v) is 4.06. The van der Waals surface area contributed by atoms with Gasteiger partial charge in [0.15, 0.2) is 0 Å². The number of aryl methyl sites for hydroxylation is 2. The Balaban J connectivity index is 1.53. The highest BCUT2D eigenvalue weighted by Crippen LogP contribution is 2.30. The molecule has 1 aromatic heterocycles. The predicted octanol–water partition coefficient (Wildman–Crippen LogP) is 2.58. The topological polar surface area (TPSA) is 39.1 Å². The summed E-state index contributed by atoms with van der Waals surface area (Å²) in [6, 6.07) is 6.19. The number of halogens is 1. The van der Waals surface area contributed by atoms with Gasteiger partial charge in [0.25, 0.3) is 0 Å². The van der Waals surface area contributed by atoms with E-state index in [-0.39, 0.29) is 6.10 Å². The maximum Gasteiger partial charge on any atom is 0.123 e. The average Bonchev–Trinajstić information content (AvgIpc) is 2.92. The molecule has 0 fully saturated rings. The zero-order valence-corrected chi connectivity index (χ0v) is 13.3. The first-order valence-corrected chi connectivity index (χ1v) is 7.56. The standard InChI is InChI=1S/C15H18BrN3O/c1-10-12(9-19(2)18-10)7-17-8-14-6-11-5-13(16)3-4-15(11)20-14/h3-5,9,14,17H,6-8H2,1-2H3. The molecule has 0 saturated carbocycles. The van der Waals surface area contributed by atoms with Gasteiger partial charge in [0.1, 0.15) is 11.9 Å². The molecule has 0 saturated heterocycles. The number of rotatable bonds is 4. The summed E-state index contributed by atoms with van der Waals surface area (Å²) in [6.45, 7) is 3.72. The Bertz CT molecular complexity index is 624. The van der Waals surface area contributed by atoms with Crippen LogP contribution in [0.2, 0.25) is 0 Å². The van der Waals surface area contributed by atoms with E-state index in [0.29, 0.717) is 0 Å². The number of ether oxygens (including phenoxy) is 1. The lowest BCUT2D eigenvalue weighted by atomic mass is 10.1. The molecule has 3 rings (SSSR count). The van der Waals surface area contributed by atoms with Crippen LogP contribution in [0.4, 0.5) is 0 Å². The molecule has 0 spiro atoms. The lowest BCUT2D eigenvalue weighted by Crippen LogP contribution is -2.29. The maximum absolute atomic E-state index is 5.93. The fraction of sp³-hybridized carbons (Fsp3) is 0.400. The van der Waals surface area contributed by atoms with Gasteiger partial charge in [-0.1, -0.05) is 15.9 Å². The normalized spacial score (nSPS) is 17.1. The van der Waals surface area contributed by atoms with Crippen molar-refractivity contribution < 1.29 is 4.74 Å². The van der Waals surface area contributed by atoms with Gasteiger partial charge in [-0.05, 0) is 30.7 Å². The van der Waals surface area contributed by atoms with Crippen LogP contribution in [-0.2, 0) is 20.0 Å². The number of benzene rings is 1. The molecule has 1 aliphatic rings. The van der Waals surface area contributed by atoms with Crippen LogP contribution in [0.15, 0.2) is 28.9 Å². The Morgan fingerprint density at radius 2 is 2.35 bits per heavy atom. The van der Waals surface area contributed by atoms with Crippen LogP contribution in [0.1, 0.15) is 16.8 Å². The quantitative estimate of drug-likeness (QED) is 0.933. The summed E-state index contributed by atoms with van der Waals surface area (Å²) in [7, 11) is 1.95. The average molecular weight is 336 g/mol. The van der Waals surface area contributed by atoms with Crippen molar-refractivity contribution in [3.63, 3.8) is 0 Å². The lowest BCUT2D eigenvalue weighted by Gasteiger charge is -2.11. The van der Waals surface area contributed by atoms with Crippen LogP contribution in [0.3, 0.4) is 0 Å². The van der Waals surface area contributed by atoms with Gasteiger partial charge in [-0.25, -0.2) is 0 Å². The second-order valence-electron chi connectivity index (χ2n) is 5.24. The number of hydrogen-bond donors (Lipinski definition) is 1. The van der Waals surface area contributed by atoms with E-state index in [4.69, 9.17) is 4.74 Å². The molecule has 0 amide bonds. The molecule has 0 radical (unpaired) electrons. The summed E-state index contributed by atoms with van der Waals surface area (Å²) in [5.74, 6) is 1.01. The van der Waals surface area contributed by atoms with E-state index in [1.807, 2.05) is 30.8 Å². The lowest BCUT2D eigenvalue weighted by molar-refractivity contribution is 0.227. The van der Waals surface area contributed by atoms with Crippen molar-refractivity contribution in [2.45, 2.75) is 26.0 Å². The van der Waals surface area contributed by atoms with Crippen molar-refractivity contribution in [3.05, 3.63) is 45.7 Å². The van der Waals surface area contributed by atoms with Crippen molar-refractivity contribution in [2.75, 3.05) is 6.54 Å². The van der Waals surface area contributed by atoms with E-state index in [0.717, 1.165) is 35.4 Å². The molecule has 1 N–H and O–H groups in total. The number of nitrogens with one attached hydrogen (secondary N) is 1. The molecule has 0 bridgehead atoms. The molecule has 5 heteroatoms. The summed E-state index contributed by atoms with van der Waals surface area (Å²) < 4.78 is 8.89. The Kier molecular flexibility index (Phi) is 3.81. The van der Waals surface area contributed by atoms with E-state index in [9.17, 15) is 0 Å². The zero-order valence-electron chi connectivity index (χ0n) is 11.7. The first-order chi connectivity index (χ1) is 9.61. The van der Waals surface area contributed by atoms with Gasteiger partial charge in [0.05, 0.1) is 5.69 Å². The Hall–Kier alpha value is -1.33. The maximum atomic E-state index is 5.93. The van der Waals surface area contributed by atoms with E-state index in [1.165, 1.54) is 11.1 Å². The first-order valence-electron chi connectivity index (χ1n) is 6.77. The first kappa shape index (κ1) is 13.6. The smallest absolute Gasteiger partial charge is 0.123 e. The largest absolute Gasteiger partial charge is 0.488 e. The van der Waals surface area contributed by atoms with Gasteiger partial charge in [0, 0.05) is 42.8 Å². The Labute approximate surface area is 127 Å². The Morgan fingerprint density at radius 3 is 3.10 bits per heavy atom. The van der Waals surface area contributed by atoms with E-state index in [2.05, 4.69) is 38.6 Å². The van der Waals surface area contributed by atoms with E-state index >= 15 is 0 Å². The third kappa shape index (κ3) is 2.88. The van der Waals surface area contributed by atoms with Gasteiger partial charge in [-0.3, -0.25) is 4.68 Å². The van der Waals surface area contributed by atoms with Crippen molar-refractivity contribution in [1.29, 1.82) is 0 Å². The van der Waals surface area contributed by atoms with Crippen LogP contribution in [0.25, 0.3) is 0 Å². The molecule has 1 aliphatic heterocycles. The fourth-order valence-corrected chi connectivity index (χ4v) is 3.00. The van der Waals surface area contributed by atoms with Crippen LogP contribution < -0.4 is 10.1 Å². The van der Waals surface area contributed by atoms with Crippen LogP contribution in [0, 0.1) is 6.92 Å². The van der Waals surface area contributed by atoms with Gasteiger partial charge in [-0.15, -0.1) is 0 Å². The second kappa shape index (κ2) is 5.58. The number of aromatic nitrogens is 2. The van der Waals surface area contributed by atoms with Crippen LogP contribution in [0.5, 0.6) is 5.75 Å². The highest BCUT2D eigenvalue weighted by Gasteiger charge is 2.22. The minimum Gasteiger partial charge on any atom is -0.488 e. The SMILES string of the molecule is Cc1nn(C)cc1CNCC1Cc2cc(Br)ccc2O1. The number of nitrogens with zero attached hydrogens (tertiary/aromatic N) is 2. The minimum absolute atomic E-state index is 0.219. The fourth-order valence-electron chi connectivity index (χ4n) is 2.59. The van der Waals surface area contributed by atoms with Crippen molar-refractivity contribution in [1.82, 2.24) is 15.1 Å². The van der Waals surface area contributed by atoms with Crippen molar-refractivity contribution in [2.24, 2.45) is 7.05 Å². The molecular formula is C15H18BrN3O. The molecule has 2 aromatic rings. The summed E-state index contributed by atoms with van der Waals surface area (Å²) in [5.41, 5.74) is 3.61. The molecule has 1 aromatic carbocycles. The summed E-state index contributed by atoms with van der Waals surface area (Å²) in [5, 5.41) is 7.80. The highest BCUT2D eigenvalue weighted by atomic mass is 79.9. The molecule has 1 atom stereocenters. The van der Waals surface area contributed by atoms with Crippen LogP contribution >= 0.6 is 15.9 Å². The van der Waals surface area contributed by atoms with Crippen molar-refractivity contribution in [3.8, 4) is 5.75 Å². The van der Waals surface area contributed by atoms with Crippen LogP contribution in [-0.4, -0.2) is 22.4 Å². The molecule has 4 nitrogen and oxygen atoms in total. The monoisotopic (exact) mass is 335 g/mol. The predicted molar refractivity (Wildman–Crippen MR) is 81.9 cm³/mol. The molecule has 0 aliphatic carbocycles. The molecule has 20 heavy (non-hydrogen) atoms. The zero-order chi connectivity index (χ0) is 14.1. The van der Waals surface area contributed by atoms with Gasteiger partial charge in [0.2, 0.25) is 0 Å². The van der Waals surface area contributed by atoms with E-state index in [1.54, 1.807) is 0 Å². The highest BCUT2D eigenvalue weighted by molar-refractivity contribution is 9.10.